The molecule has 1 atom stereocenters. The number of halogens is 1. The average Bonchev–Trinajstić information content (AvgIpc) is 3.20. The van der Waals surface area contributed by atoms with E-state index >= 15 is 0 Å². The lowest BCUT2D eigenvalue weighted by Crippen LogP contribution is -2.32. The Morgan fingerprint density at radius 3 is 2.96 bits per heavy atom. The summed E-state index contributed by atoms with van der Waals surface area (Å²) in [5, 5.41) is 7.37. The smallest absolute Gasteiger partial charge is 0.269 e. The van der Waals surface area contributed by atoms with Crippen LogP contribution in [0.15, 0.2) is 30.3 Å². The Labute approximate surface area is 147 Å². The standard InChI is InChI=1S/C19H25FN4O/c1-3-6-15-11-18(23(2)22-15)19(25)21-12-14-9-10-24(13-14)17-8-5-4-7-16(17)20/h4-5,7-8,11,14H,3,6,9-10,12-13H2,1-2H3,(H,21,25). The molecule has 1 N–H and O–H groups in total. The fourth-order valence-electron chi connectivity index (χ4n) is 3.37. The Kier molecular flexibility index (Phi) is 5.36. The number of aryl methyl sites for hydroxylation is 2. The highest BCUT2D eigenvalue weighted by Gasteiger charge is 2.25. The van der Waals surface area contributed by atoms with Crippen LogP contribution in [0, 0.1) is 11.7 Å². The lowest BCUT2D eigenvalue weighted by molar-refractivity contribution is 0.0939. The van der Waals surface area contributed by atoms with Crippen molar-refractivity contribution in [1.29, 1.82) is 0 Å². The lowest BCUT2D eigenvalue weighted by atomic mass is 10.1. The monoisotopic (exact) mass is 344 g/mol. The lowest BCUT2D eigenvalue weighted by Gasteiger charge is -2.19. The number of nitrogens with zero attached hydrogens (tertiary/aromatic N) is 3. The summed E-state index contributed by atoms with van der Waals surface area (Å²) in [6.07, 6.45) is 2.83. The Morgan fingerprint density at radius 2 is 2.20 bits per heavy atom. The van der Waals surface area contributed by atoms with Crippen LogP contribution < -0.4 is 10.2 Å². The van der Waals surface area contributed by atoms with Crippen molar-refractivity contribution in [2.24, 2.45) is 13.0 Å². The van der Waals surface area contributed by atoms with Crippen LogP contribution in [0.5, 0.6) is 0 Å². The molecule has 0 aliphatic carbocycles. The van der Waals surface area contributed by atoms with Crippen LogP contribution in [0.2, 0.25) is 0 Å². The summed E-state index contributed by atoms with van der Waals surface area (Å²) in [5.74, 6) is 0.0408. The molecule has 1 unspecified atom stereocenters. The van der Waals surface area contributed by atoms with E-state index in [9.17, 15) is 9.18 Å². The maximum Gasteiger partial charge on any atom is 0.269 e. The molecule has 1 fully saturated rings. The molecule has 2 heterocycles. The molecule has 1 saturated heterocycles. The van der Waals surface area contributed by atoms with Gasteiger partial charge in [0.05, 0.1) is 11.4 Å². The number of nitrogens with one attached hydrogen (secondary N) is 1. The van der Waals surface area contributed by atoms with Gasteiger partial charge in [-0.05, 0) is 37.0 Å². The van der Waals surface area contributed by atoms with Crippen molar-refractivity contribution >= 4 is 11.6 Å². The largest absolute Gasteiger partial charge is 0.369 e. The highest BCUT2D eigenvalue weighted by atomic mass is 19.1. The Bertz CT molecular complexity index is 743. The fraction of sp³-hybridized carbons (Fsp3) is 0.474. The molecule has 1 aliphatic heterocycles. The zero-order chi connectivity index (χ0) is 17.8. The van der Waals surface area contributed by atoms with E-state index in [2.05, 4.69) is 22.2 Å². The molecule has 1 aromatic heterocycles. The maximum absolute atomic E-state index is 13.9. The number of benzene rings is 1. The molecule has 0 bridgehead atoms. The number of para-hydroxylation sites is 1. The first-order valence-corrected chi connectivity index (χ1v) is 8.89. The summed E-state index contributed by atoms with van der Waals surface area (Å²) >= 11 is 0. The summed E-state index contributed by atoms with van der Waals surface area (Å²) in [6.45, 7) is 4.26. The topological polar surface area (TPSA) is 50.2 Å². The van der Waals surface area contributed by atoms with Crippen molar-refractivity contribution in [3.8, 4) is 0 Å². The van der Waals surface area contributed by atoms with E-state index in [1.54, 1.807) is 23.9 Å². The number of carbonyl (C=O) groups excluding carboxylic acids is 1. The number of aromatic nitrogens is 2. The summed E-state index contributed by atoms with van der Waals surface area (Å²) in [6, 6.07) is 8.71. The summed E-state index contributed by atoms with van der Waals surface area (Å²) in [7, 11) is 1.80. The molecule has 0 radical (unpaired) electrons. The first kappa shape index (κ1) is 17.5. The van der Waals surface area contributed by atoms with Crippen LogP contribution >= 0.6 is 0 Å². The first-order chi connectivity index (χ1) is 12.1. The van der Waals surface area contributed by atoms with Crippen molar-refractivity contribution < 1.29 is 9.18 Å². The molecule has 6 heteroatoms. The van der Waals surface area contributed by atoms with Gasteiger partial charge in [-0.3, -0.25) is 9.48 Å². The second-order valence-electron chi connectivity index (χ2n) is 6.66. The molecule has 1 amide bonds. The molecular formula is C19H25FN4O. The van der Waals surface area contributed by atoms with Gasteiger partial charge in [0.1, 0.15) is 11.5 Å². The van der Waals surface area contributed by atoms with Crippen molar-refractivity contribution in [2.75, 3.05) is 24.5 Å². The highest BCUT2D eigenvalue weighted by Crippen LogP contribution is 2.25. The third-order valence-corrected chi connectivity index (χ3v) is 4.70. The third-order valence-electron chi connectivity index (χ3n) is 4.70. The van der Waals surface area contributed by atoms with Crippen LogP contribution in [-0.2, 0) is 13.5 Å². The summed E-state index contributed by atoms with van der Waals surface area (Å²) in [4.78, 5) is 14.5. The minimum absolute atomic E-state index is 0.0957. The SMILES string of the molecule is CCCc1cc(C(=O)NCC2CCN(c3ccccc3F)C2)n(C)n1. The van der Waals surface area contributed by atoms with Gasteiger partial charge < -0.3 is 10.2 Å². The van der Waals surface area contributed by atoms with Gasteiger partial charge in [0.15, 0.2) is 0 Å². The van der Waals surface area contributed by atoms with Gasteiger partial charge >= 0.3 is 0 Å². The highest BCUT2D eigenvalue weighted by molar-refractivity contribution is 5.92. The number of rotatable bonds is 6. The number of carbonyl (C=O) groups is 1. The minimum Gasteiger partial charge on any atom is -0.369 e. The molecule has 1 aromatic carbocycles. The number of hydrogen-bond acceptors (Lipinski definition) is 3. The Morgan fingerprint density at radius 1 is 1.40 bits per heavy atom. The van der Waals surface area contributed by atoms with Crippen LogP contribution in [0.4, 0.5) is 10.1 Å². The molecule has 1 aliphatic rings. The molecule has 3 rings (SSSR count). The van der Waals surface area contributed by atoms with Crippen LogP contribution in [0.3, 0.4) is 0 Å². The molecule has 5 nitrogen and oxygen atoms in total. The Hall–Kier alpha value is -2.37. The zero-order valence-electron chi connectivity index (χ0n) is 14.8. The van der Waals surface area contributed by atoms with Gasteiger partial charge in [0.2, 0.25) is 0 Å². The molecule has 2 aromatic rings. The normalized spacial score (nSPS) is 17.1. The second kappa shape index (κ2) is 7.68. The van der Waals surface area contributed by atoms with Gasteiger partial charge in [-0.2, -0.15) is 5.10 Å². The van der Waals surface area contributed by atoms with E-state index < -0.39 is 0 Å². The molecule has 134 valence electrons. The molecule has 25 heavy (non-hydrogen) atoms. The predicted molar refractivity (Wildman–Crippen MR) is 96.3 cm³/mol. The van der Waals surface area contributed by atoms with Crippen molar-refractivity contribution in [1.82, 2.24) is 15.1 Å². The molecular weight excluding hydrogens is 319 g/mol. The molecule has 0 spiro atoms. The van der Waals surface area contributed by atoms with Crippen molar-refractivity contribution in [3.63, 3.8) is 0 Å². The van der Waals surface area contributed by atoms with Gasteiger partial charge in [0.25, 0.3) is 5.91 Å². The number of anilines is 1. The maximum atomic E-state index is 13.9. The van der Waals surface area contributed by atoms with Gasteiger partial charge in [0, 0.05) is 26.7 Å². The van der Waals surface area contributed by atoms with Crippen LogP contribution in [0.25, 0.3) is 0 Å². The van der Waals surface area contributed by atoms with E-state index in [0.29, 0.717) is 23.8 Å². The molecule has 0 saturated carbocycles. The minimum atomic E-state index is -0.189. The Balaban J connectivity index is 1.54. The van der Waals surface area contributed by atoms with Gasteiger partial charge in [-0.1, -0.05) is 25.5 Å². The zero-order valence-corrected chi connectivity index (χ0v) is 14.8. The first-order valence-electron chi connectivity index (χ1n) is 8.89. The third kappa shape index (κ3) is 4.00. The van der Waals surface area contributed by atoms with Crippen molar-refractivity contribution in [2.45, 2.75) is 26.2 Å². The quantitative estimate of drug-likeness (QED) is 0.877. The fourth-order valence-corrected chi connectivity index (χ4v) is 3.37. The van der Waals surface area contributed by atoms with E-state index in [1.807, 2.05) is 12.1 Å². The number of hydrogen-bond donors (Lipinski definition) is 1. The van der Waals surface area contributed by atoms with Gasteiger partial charge in [-0.25, -0.2) is 4.39 Å². The van der Waals surface area contributed by atoms with Crippen LogP contribution in [-0.4, -0.2) is 35.3 Å². The van der Waals surface area contributed by atoms with Gasteiger partial charge in [-0.15, -0.1) is 0 Å². The van der Waals surface area contributed by atoms with E-state index in [4.69, 9.17) is 0 Å². The van der Waals surface area contributed by atoms with E-state index in [0.717, 1.165) is 38.0 Å². The van der Waals surface area contributed by atoms with E-state index in [-0.39, 0.29) is 11.7 Å². The summed E-state index contributed by atoms with van der Waals surface area (Å²) < 4.78 is 15.5. The average molecular weight is 344 g/mol. The second-order valence-corrected chi connectivity index (χ2v) is 6.66. The predicted octanol–water partition coefficient (Wildman–Crippen LogP) is 2.77. The number of amides is 1. The van der Waals surface area contributed by atoms with E-state index in [1.165, 1.54) is 6.07 Å². The van der Waals surface area contributed by atoms with Crippen LogP contribution in [0.1, 0.15) is 35.9 Å². The summed E-state index contributed by atoms with van der Waals surface area (Å²) in [5.41, 5.74) is 2.18. The van der Waals surface area contributed by atoms with Crippen molar-refractivity contribution in [3.05, 3.63) is 47.5 Å².